The lowest BCUT2D eigenvalue weighted by molar-refractivity contribution is -0.142. The van der Waals surface area contributed by atoms with E-state index in [2.05, 4.69) is 5.32 Å². The maximum atomic E-state index is 11.7. The average molecular weight is 300 g/mol. The molecular formula is C15H28N2O4. The number of unbranched alkanes of at least 4 members (excludes halogenated alkanes) is 4. The first kappa shape index (κ1) is 19.6. The molecule has 0 rings (SSSR count). The van der Waals surface area contributed by atoms with Gasteiger partial charge in [0.1, 0.15) is 11.8 Å². The van der Waals surface area contributed by atoms with Gasteiger partial charge in [-0.15, -0.1) is 0 Å². The van der Waals surface area contributed by atoms with Crippen LogP contribution in [0.25, 0.3) is 0 Å². The van der Waals surface area contributed by atoms with Crippen molar-refractivity contribution in [2.75, 3.05) is 6.54 Å². The molecule has 0 aromatic heterocycles. The largest absolute Gasteiger partial charge is 0.480 e. The predicted octanol–water partition coefficient (Wildman–Crippen LogP) is 1.61. The summed E-state index contributed by atoms with van der Waals surface area (Å²) in [6, 6.07) is -0.818. The number of carboxylic acids is 1. The highest BCUT2D eigenvalue weighted by atomic mass is 16.4. The van der Waals surface area contributed by atoms with Crippen molar-refractivity contribution >= 4 is 17.7 Å². The van der Waals surface area contributed by atoms with Crippen molar-refractivity contribution in [1.82, 2.24) is 5.32 Å². The normalized spacial score (nSPS) is 11.9. The average Bonchev–Trinajstić information content (AvgIpc) is 2.41. The quantitative estimate of drug-likeness (QED) is 0.448. The second-order valence-corrected chi connectivity index (χ2v) is 5.36. The standard InChI is InChI=1S/C15H28N2O4/c1-12(18)8-4-2-3-5-10-14(19)17-13(15(20)21)9-6-7-11-16/h13H,2-11,16H2,1H3,(H,17,19)(H,20,21)/t13-/m0/s1. The Morgan fingerprint density at radius 2 is 1.62 bits per heavy atom. The first-order valence-electron chi connectivity index (χ1n) is 7.69. The minimum atomic E-state index is -0.998. The minimum Gasteiger partial charge on any atom is -0.480 e. The number of ketones is 1. The zero-order chi connectivity index (χ0) is 16.1. The molecule has 0 aromatic rings. The number of Topliss-reactive ketones (excluding diaryl/α,β-unsaturated/α-hetero) is 1. The lowest BCUT2D eigenvalue weighted by atomic mass is 10.1. The van der Waals surface area contributed by atoms with E-state index in [0.717, 1.165) is 32.1 Å². The number of hydrogen-bond donors (Lipinski definition) is 3. The number of hydrogen-bond acceptors (Lipinski definition) is 4. The monoisotopic (exact) mass is 300 g/mol. The van der Waals surface area contributed by atoms with Crippen molar-refractivity contribution in [3.05, 3.63) is 0 Å². The van der Waals surface area contributed by atoms with Gasteiger partial charge in [0.25, 0.3) is 0 Å². The van der Waals surface area contributed by atoms with Crippen molar-refractivity contribution in [3.63, 3.8) is 0 Å². The van der Waals surface area contributed by atoms with Crippen LogP contribution in [0.4, 0.5) is 0 Å². The molecule has 0 aliphatic rings. The summed E-state index contributed by atoms with van der Waals surface area (Å²) in [5, 5.41) is 11.6. The summed E-state index contributed by atoms with van der Waals surface area (Å²) in [4.78, 5) is 33.5. The van der Waals surface area contributed by atoms with E-state index in [4.69, 9.17) is 10.8 Å². The number of nitrogens with one attached hydrogen (secondary N) is 1. The predicted molar refractivity (Wildman–Crippen MR) is 80.9 cm³/mol. The third-order valence-electron chi connectivity index (χ3n) is 3.26. The Bertz CT molecular complexity index is 332. The molecule has 0 aliphatic heterocycles. The van der Waals surface area contributed by atoms with E-state index in [0.29, 0.717) is 32.2 Å². The topological polar surface area (TPSA) is 109 Å². The van der Waals surface area contributed by atoms with Crippen LogP contribution in [-0.2, 0) is 14.4 Å². The number of carbonyl (C=O) groups is 3. The second-order valence-electron chi connectivity index (χ2n) is 5.36. The van der Waals surface area contributed by atoms with Crippen LogP contribution >= 0.6 is 0 Å². The van der Waals surface area contributed by atoms with Gasteiger partial charge >= 0.3 is 5.97 Å². The Kier molecular flexibility index (Phi) is 11.5. The first-order valence-corrected chi connectivity index (χ1v) is 7.69. The molecule has 0 unspecified atom stereocenters. The molecule has 0 heterocycles. The van der Waals surface area contributed by atoms with Crippen molar-refractivity contribution in [1.29, 1.82) is 0 Å². The van der Waals surface area contributed by atoms with Gasteiger partial charge in [0, 0.05) is 12.8 Å². The Labute approximate surface area is 126 Å². The molecule has 1 atom stereocenters. The Morgan fingerprint density at radius 3 is 2.14 bits per heavy atom. The van der Waals surface area contributed by atoms with Crippen molar-refractivity contribution in [2.45, 2.75) is 70.8 Å². The summed E-state index contributed by atoms with van der Waals surface area (Å²) in [6.45, 7) is 2.10. The van der Waals surface area contributed by atoms with Gasteiger partial charge in [-0.1, -0.05) is 12.8 Å². The Hall–Kier alpha value is -1.43. The molecule has 0 aromatic carbocycles. The van der Waals surface area contributed by atoms with Crippen molar-refractivity contribution in [2.24, 2.45) is 5.73 Å². The fraction of sp³-hybridized carbons (Fsp3) is 0.800. The Balaban J connectivity index is 3.77. The van der Waals surface area contributed by atoms with Crippen LogP contribution in [0.3, 0.4) is 0 Å². The highest BCUT2D eigenvalue weighted by molar-refractivity contribution is 5.83. The lowest BCUT2D eigenvalue weighted by Gasteiger charge is -2.14. The van der Waals surface area contributed by atoms with E-state index in [1.165, 1.54) is 0 Å². The first-order chi connectivity index (χ1) is 9.97. The summed E-state index contributed by atoms with van der Waals surface area (Å²) < 4.78 is 0. The van der Waals surface area contributed by atoms with Crippen LogP contribution in [0.1, 0.15) is 64.7 Å². The van der Waals surface area contributed by atoms with E-state index >= 15 is 0 Å². The minimum absolute atomic E-state index is 0.189. The van der Waals surface area contributed by atoms with E-state index in [9.17, 15) is 14.4 Å². The van der Waals surface area contributed by atoms with Crippen molar-refractivity contribution in [3.8, 4) is 0 Å². The summed E-state index contributed by atoms with van der Waals surface area (Å²) in [6.07, 6.45) is 6.17. The molecule has 0 bridgehead atoms. The number of rotatable bonds is 13. The maximum Gasteiger partial charge on any atom is 0.326 e. The van der Waals surface area contributed by atoms with Gasteiger partial charge in [-0.2, -0.15) is 0 Å². The van der Waals surface area contributed by atoms with Gasteiger partial charge in [-0.05, 0) is 45.6 Å². The summed E-state index contributed by atoms with van der Waals surface area (Å²) >= 11 is 0. The highest BCUT2D eigenvalue weighted by Gasteiger charge is 2.18. The molecule has 6 nitrogen and oxygen atoms in total. The molecule has 0 saturated heterocycles. The van der Waals surface area contributed by atoms with Crippen LogP contribution < -0.4 is 11.1 Å². The molecule has 0 aliphatic carbocycles. The molecular weight excluding hydrogens is 272 g/mol. The maximum absolute atomic E-state index is 11.7. The van der Waals surface area contributed by atoms with Gasteiger partial charge in [0.15, 0.2) is 0 Å². The van der Waals surface area contributed by atoms with Gasteiger partial charge in [-0.3, -0.25) is 4.79 Å². The summed E-state index contributed by atoms with van der Waals surface area (Å²) in [5.74, 6) is -1.03. The number of carbonyl (C=O) groups excluding carboxylic acids is 2. The van der Waals surface area contributed by atoms with E-state index in [1.54, 1.807) is 6.92 Å². The molecule has 122 valence electrons. The van der Waals surface area contributed by atoms with E-state index < -0.39 is 12.0 Å². The molecule has 21 heavy (non-hydrogen) atoms. The molecule has 0 spiro atoms. The zero-order valence-electron chi connectivity index (χ0n) is 12.9. The van der Waals surface area contributed by atoms with Gasteiger partial charge < -0.3 is 21.0 Å². The SMILES string of the molecule is CC(=O)CCCCCCC(=O)N[C@@H](CCCCN)C(=O)O. The highest BCUT2D eigenvalue weighted by Crippen LogP contribution is 2.07. The number of aliphatic carboxylic acids is 1. The van der Waals surface area contributed by atoms with Crippen LogP contribution in [0.15, 0.2) is 0 Å². The van der Waals surface area contributed by atoms with Gasteiger partial charge in [0.05, 0.1) is 0 Å². The van der Waals surface area contributed by atoms with Crippen LogP contribution in [0.5, 0.6) is 0 Å². The molecule has 6 heteroatoms. The summed E-state index contributed by atoms with van der Waals surface area (Å²) in [5.41, 5.74) is 5.36. The van der Waals surface area contributed by atoms with Gasteiger partial charge in [0.2, 0.25) is 5.91 Å². The number of nitrogens with two attached hydrogens (primary N) is 1. The Morgan fingerprint density at radius 1 is 1.00 bits per heavy atom. The van der Waals surface area contributed by atoms with E-state index in [-0.39, 0.29) is 11.7 Å². The van der Waals surface area contributed by atoms with Crippen LogP contribution in [0.2, 0.25) is 0 Å². The lowest BCUT2D eigenvalue weighted by Crippen LogP contribution is -2.40. The van der Waals surface area contributed by atoms with Crippen LogP contribution in [0, 0.1) is 0 Å². The molecule has 0 radical (unpaired) electrons. The molecule has 4 N–H and O–H groups in total. The third-order valence-corrected chi connectivity index (χ3v) is 3.26. The smallest absolute Gasteiger partial charge is 0.326 e. The molecule has 1 amide bonds. The third kappa shape index (κ3) is 12.1. The molecule has 0 fully saturated rings. The fourth-order valence-electron chi connectivity index (χ4n) is 2.03. The second kappa shape index (κ2) is 12.3. The van der Waals surface area contributed by atoms with Crippen molar-refractivity contribution < 1.29 is 19.5 Å². The van der Waals surface area contributed by atoms with Gasteiger partial charge in [-0.25, -0.2) is 4.79 Å². The van der Waals surface area contributed by atoms with Crippen LogP contribution in [-0.4, -0.2) is 35.4 Å². The summed E-state index contributed by atoms with van der Waals surface area (Å²) in [7, 11) is 0. The van der Waals surface area contributed by atoms with E-state index in [1.807, 2.05) is 0 Å². The number of carboxylic acid groups (broad SMARTS) is 1. The number of amides is 1. The molecule has 0 saturated carbocycles. The zero-order valence-corrected chi connectivity index (χ0v) is 12.9. The fourth-order valence-corrected chi connectivity index (χ4v) is 2.03.